The monoisotopic (exact) mass is 452 g/mol. The van der Waals surface area contributed by atoms with Crippen molar-refractivity contribution in [1.29, 1.82) is 0 Å². The lowest BCUT2D eigenvalue weighted by Crippen LogP contribution is -2.20. The molecular weight excluding hydrogens is 441 g/mol. The van der Waals surface area contributed by atoms with E-state index in [2.05, 4.69) is 30.7 Å². The average Bonchev–Trinajstić information content (AvgIpc) is 2.48. The number of carbonyl (C=O) groups excluding carboxylic acids is 1. The Labute approximate surface area is 155 Å². The van der Waals surface area contributed by atoms with Crippen LogP contribution in [0.25, 0.3) is 0 Å². The van der Waals surface area contributed by atoms with Crippen LogP contribution in [0.15, 0.2) is 51.8 Å². The highest BCUT2D eigenvalue weighted by molar-refractivity contribution is 9.10. The Kier molecular flexibility index (Phi) is 5.81. The number of anilines is 2. The highest BCUT2D eigenvalue weighted by Gasteiger charge is 2.33. The Balaban J connectivity index is 2.30. The number of benzene rings is 2. The lowest BCUT2D eigenvalue weighted by atomic mass is 10.3. The van der Waals surface area contributed by atoms with Gasteiger partial charge in [-0.1, -0.05) is 15.9 Å². The van der Waals surface area contributed by atoms with Crippen molar-refractivity contribution < 1.29 is 31.1 Å². The lowest BCUT2D eigenvalue weighted by molar-refractivity contribution is -0.274. The van der Waals surface area contributed by atoms with Gasteiger partial charge in [0.25, 0.3) is 10.0 Å². The molecule has 0 saturated carbocycles. The van der Waals surface area contributed by atoms with E-state index in [0.717, 1.165) is 12.1 Å². The predicted molar refractivity (Wildman–Crippen MR) is 92.4 cm³/mol. The molecule has 2 aromatic rings. The standard InChI is InChI=1S/C15H12BrF3N2O4S/c1-9(22)20-11-3-5-12(6-4-11)26(23,24)21-13-7-2-10(16)8-14(13)25-15(17,18)19/h2-8,21H,1H3,(H,20,22). The van der Waals surface area contributed by atoms with Crippen molar-refractivity contribution in [3.63, 3.8) is 0 Å². The number of sulfonamides is 1. The topological polar surface area (TPSA) is 84.5 Å². The summed E-state index contributed by atoms with van der Waals surface area (Å²) in [5, 5.41) is 2.47. The molecule has 0 spiro atoms. The largest absolute Gasteiger partial charge is 0.573 e. The first-order chi connectivity index (χ1) is 12.0. The van der Waals surface area contributed by atoms with E-state index < -0.39 is 22.1 Å². The van der Waals surface area contributed by atoms with Gasteiger partial charge in [-0.25, -0.2) is 8.42 Å². The zero-order valence-corrected chi connectivity index (χ0v) is 15.5. The van der Waals surface area contributed by atoms with Crippen LogP contribution in [0, 0.1) is 0 Å². The molecule has 2 N–H and O–H groups in total. The molecule has 1 amide bonds. The fraction of sp³-hybridized carbons (Fsp3) is 0.133. The number of hydrogen-bond donors (Lipinski definition) is 2. The van der Waals surface area contributed by atoms with Crippen LogP contribution in [0.5, 0.6) is 5.75 Å². The van der Waals surface area contributed by atoms with E-state index in [0.29, 0.717) is 5.69 Å². The molecule has 0 bridgehead atoms. The first-order valence-electron chi connectivity index (χ1n) is 6.92. The van der Waals surface area contributed by atoms with Crippen LogP contribution < -0.4 is 14.8 Å². The highest BCUT2D eigenvalue weighted by Crippen LogP contribution is 2.34. The van der Waals surface area contributed by atoms with Crippen LogP contribution in [-0.4, -0.2) is 20.7 Å². The minimum Gasteiger partial charge on any atom is -0.403 e. The van der Waals surface area contributed by atoms with Gasteiger partial charge in [0.1, 0.15) is 0 Å². The predicted octanol–water partition coefficient (Wildman–Crippen LogP) is 4.11. The van der Waals surface area contributed by atoms with Gasteiger partial charge in [0.05, 0.1) is 10.6 Å². The van der Waals surface area contributed by atoms with Crippen molar-refractivity contribution >= 4 is 43.2 Å². The summed E-state index contributed by atoms with van der Waals surface area (Å²) in [6, 6.07) is 8.60. The molecule has 2 rings (SSSR count). The second-order valence-electron chi connectivity index (χ2n) is 5.00. The molecule has 0 aromatic heterocycles. The molecule has 0 fully saturated rings. The Bertz CT molecular complexity index is 915. The van der Waals surface area contributed by atoms with Gasteiger partial charge in [-0.2, -0.15) is 0 Å². The highest BCUT2D eigenvalue weighted by atomic mass is 79.9. The maximum absolute atomic E-state index is 12.5. The van der Waals surface area contributed by atoms with Gasteiger partial charge in [0.15, 0.2) is 5.75 Å². The van der Waals surface area contributed by atoms with E-state index in [-0.39, 0.29) is 21.0 Å². The molecule has 26 heavy (non-hydrogen) atoms. The maximum Gasteiger partial charge on any atom is 0.573 e. The fourth-order valence-corrected chi connectivity index (χ4v) is 3.32. The summed E-state index contributed by atoms with van der Waals surface area (Å²) in [7, 11) is -4.17. The number of nitrogens with one attached hydrogen (secondary N) is 2. The number of carbonyl (C=O) groups is 1. The summed E-state index contributed by atoms with van der Waals surface area (Å²) in [5.41, 5.74) is -0.00218. The third-order valence-electron chi connectivity index (χ3n) is 2.90. The summed E-state index contributed by atoms with van der Waals surface area (Å²) in [6.07, 6.45) is -4.99. The van der Waals surface area contributed by atoms with Gasteiger partial charge < -0.3 is 10.1 Å². The number of hydrogen-bond acceptors (Lipinski definition) is 4. The number of amides is 1. The molecule has 0 heterocycles. The first kappa shape index (κ1) is 20.0. The smallest absolute Gasteiger partial charge is 0.403 e. The zero-order chi connectivity index (χ0) is 19.5. The van der Waals surface area contributed by atoms with Crippen LogP contribution in [-0.2, 0) is 14.8 Å². The molecule has 0 aliphatic carbocycles. The van der Waals surface area contributed by atoms with E-state index >= 15 is 0 Å². The third-order valence-corrected chi connectivity index (χ3v) is 4.77. The van der Waals surface area contributed by atoms with Crippen molar-refractivity contribution in [2.45, 2.75) is 18.2 Å². The Morgan fingerprint density at radius 1 is 1.12 bits per heavy atom. The molecule has 2 aromatic carbocycles. The van der Waals surface area contributed by atoms with Gasteiger partial charge in [-0.05, 0) is 42.5 Å². The molecule has 0 aliphatic rings. The Morgan fingerprint density at radius 3 is 2.27 bits per heavy atom. The second-order valence-corrected chi connectivity index (χ2v) is 7.60. The van der Waals surface area contributed by atoms with E-state index in [1.807, 2.05) is 0 Å². The van der Waals surface area contributed by atoms with E-state index in [1.54, 1.807) is 0 Å². The maximum atomic E-state index is 12.5. The molecule has 0 saturated heterocycles. The van der Waals surface area contributed by atoms with Crippen LogP contribution >= 0.6 is 15.9 Å². The summed E-state index contributed by atoms with van der Waals surface area (Å²) in [6.45, 7) is 1.29. The van der Waals surface area contributed by atoms with Crippen molar-refractivity contribution in [3.05, 3.63) is 46.9 Å². The quantitative estimate of drug-likeness (QED) is 0.714. The summed E-state index contributed by atoms with van der Waals surface area (Å²) in [4.78, 5) is 10.8. The Morgan fingerprint density at radius 2 is 1.73 bits per heavy atom. The van der Waals surface area contributed by atoms with Gasteiger partial charge in [-0.15, -0.1) is 13.2 Å². The van der Waals surface area contributed by atoms with Crippen molar-refractivity contribution in [2.24, 2.45) is 0 Å². The van der Waals surface area contributed by atoms with Crippen molar-refractivity contribution in [2.75, 3.05) is 10.0 Å². The number of ether oxygens (including phenoxy) is 1. The minimum absolute atomic E-state index is 0.201. The lowest BCUT2D eigenvalue weighted by Gasteiger charge is -2.15. The normalized spacial score (nSPS) is 11.7. The summed E-state index contributed by atoms with van der Waals surface area (Å²) in [5.74, 6) is -1.03. The van der Waals surface area contributed by atoms with Gasteiger partial charge in [0.2, 0.25) is 5.91 Å². The number of halogens is 4. The van der Waals surface area contributed by atoms with Gasteiger partial charge in [-0.3, -0.25) is 9.52 Å². The van der Waals surface area contributed by atoms with Gasteiger partial charge >= 0.3 is 6.36 Å². The third kappa shape index (κ3) is 5.63. The van der Waals surface area contributed by atoms with Crippen LogP contribution in [0.3, 0.4) is 0 Å². The van der Waals surface area contributed by atoms with Crippen LogP contribution in [0.1, 0.15) is 6.92 Å². The van der Waals surface area contributed by atoms with Crippen LogP contribution in [0.2, 0.25) is 0 Å². The SMILES string of the molecule is CC(=O)Nc1ccc(S(=O)(=O)Nc2ccc(Br)cc2OC(F)(F)F)cc1. The second kappa shape index (κ2) is 7.54. The zero-order valence-electron chi connectivity index (χ0n) is 13.1. The molecule has 6 nitrogen and oxygen atoms in total. The molecule has 0 radical (unpaired) electrons. The summed E-state index contributed by atoms with van der Waals surface area (Å²) < 4.78 is 68.5. The molecule has 0 atom stereocenters. The number of rotatable bonds is 5. The molecule has 0 unspecified atom stereocenters. The number of alkyl halides is 3. The molecule has 140 valence electrons. The molecular formula is C15H12BrF3N2O4S. The van der Waals surface area contributed by atoms with E-state index in [1.165, 1.54) is 37.3 Å². The molecule has 0 aliphatic heterocycles. The fourth-order valence-electron chi connectivity index (χ4n) is 1.91. The van der Waals surface area contributed by atoms with E-state index in [9.17, 15) is 26.4 Å². The van der Waals surface area contributed by atoms with E-state index in [4.69, 9.17) is 0 Å². The van der Waals surface area contributed by atoms with Crippen molar-refractivity contribution in [1.82, 2.24) is 0 Å². The summed E-state index contributed by atoms with van der Waals surface area (Å²) >= 11 is 3.00. The van der Waals surface area contributed by atoms with Crippen LogP contribution in [0.4, 0.5) is 24.5 Å². The average molecular weight is 453 g/mol. The Hall–Kier alpha value is -2.27. The van der Waals surface area contributed by atoms with Gasteiger partial charge in [0, 0.05) is 17.1 Å². The first-order valence-corrected chi connectivity index (χ1v) is 9.20. The minimum atomic E-state index is -4.99. The van der Waals surface area contributed by atoms with Crippen molar-refractivity contribution in [3.8, 4) is 5.75 Å². The molecule has 11 heteroatoms.